The van der Waals surface area contributed by atoms with Gasteiger partial charge in [0.25, 0.3) is 0 Å². The molecule has 1 heterocycles. The molecule has 1 aromatic rings. The minimum atomic E-state index is 0.385. The molecule has 1 atom stereocenters. The number of ether oxygens (including phenoxy) is 1. The molecule has 0 bridgehead atoms. The molecule has 0 saturated carbocycles. The molecule has 1 aliphatic heterocycles. The summed E-state index contributed by atoms with van der Waals surface area (Å²) in [5, 5.41) is 0.873. The molecule has 0 aliphatic carbocycles. The summed E-state index contributed by atoms with van der Waals surface area (Å²) in [5.74, 6) is 0. The summed E-state index contributed by atoms with van der Waals surface area (Å²) in [7, 11) is 2.15. The fourth-order valence-electron chi connectivity index (χ4n) is 2.39. The summed E-state index contributed by atoms with van der Waals surface area (Å²) >= 11 is 7.08. The van der Waals surface area contributed by atoms with Gasteiger partial charge in [0.15, 0.2) is 0 Å². The number of benzene rings is 1. The zero-order chi connectivity index (χ0) is 13.0. The molecule has 1 saturated heterocycles. The summed E-state index contributed by atoms with van der Waals surface area (Å²) in [5.41, 5.74) is 2.59. The van der Waals surface area contributed by atoms with Crippen LogP contribution in [0.2, 0.25) is 0 Å². The summed E-state index contributed by atoms with van der Waals surface area (Å²) in [6.45, 7) is 1.89. The highest BCUT2D eigenvalue weighted by molar-refractivity contribution is 9.10. The molecule has 18 heavy (non-hydrogen) atoms. The maximum atomic E-state index is 5.80. The minimum absolute atomic E-state index is 0.385. The van der Waals surface area contributed by atoms with Gasteiger partial charge in [-0.05, 0) is 43.0 Å². The zero-order valence-electron chi connectivity index (χ0n) is 10.7. The van der Waals surface area contributed by atoms with Crippen LogP contribution in [0.5, 0.6) is 0 Å². The normalized spacial score (nSPS) is 19.8. The van der Waals surface area contributed by atoms with Crippen molar-refractivity contribution < 1.29 is 4.74 Å². The van der Waals surface area contributed by atoms with Crippen molar-refractivity contribution in [1.82, 2.24) is 0 Å². The van der Waals surface area contributed by atoms with Crippen LogP contribution in [-0.2, 0) is 10.1 Å². The van der Waals surface area contributed by atoms with E-state index in [-0.39, 0.29) is 0 Å². The lowest BCUT2D eigenvalue weighted by Gasteiger charge is -2.29. The zero-order valence-corrected chi connectivity index (χ0v) is 13.8. The van der Waals surface area contributed by atoms with E-state index in [1.165, 1.54) is 30.5 Å². The molecular weight excluding hydrogens is 358 g/mol. The third kappa shape index (κ3) is 3.72. The second-order valence-electron chi connectivity index (χ2n) is 4.78. The monoisotopic (exact) mass is 375 g/mol. The van der Waals surface area contributed by atoms with Gasteiger partial charge in [-0.2, -0.15) is 0 Å². The highest BCUT2D eigenvalue weighted by Gasteiger charge is 2.17. The molecular formula is C14H19Br2NO. The maximum Gasteiger partial charge on any atom is 0.0749 e. The Balaban J connectivity index is 2.05. The molecule has 0 amide bonds. The first kappa shape index (κ1) is 14.4. The van der Waals surface area contributed by atoms with E-state index in [1.54, 1.807) is 0 Å². The van der Waals surface area contributed by atoms with Crippen molar-refractivity contribution in [2.24, 2.45) is 0 Å². The van der Waals surface area contributed by atoms with Crippen molar-refractivity contribution in [3.8, 4) is 0 Å². The van der Waals surface area contributed by atoms with Crippen LogP contribution in [0, 0.1) is 0 Å². The van der Waals surface area contributed by atoms with Gasteiger partial charge < -0.3 is 9.64 Å². The Morgan fingerprint density at radius 3 is 2.89 bits per heavy atom. The maximum absolute atomic E-state index is 5.80. The lowest BCUT2D eigenvalue weighted by molar-refractivity contribution is 0.0216. The van der Waals surface area contributed by atoms with E-state index in [4.69, 9.17) is 4.74 Å². The molecule has 1 aromatic carbocycles. The van der Waals surface area contributed by atoms with Gasteiger partial charge in [-0.1, -0.05) is 31.9 Å². The number of alkyl halides is 1. The number of rotatable bonds is 4. The van der Waals surface area contributed by atoms with Crippen LogP contribution in [0.3, 0.4) is 0 Å². The Morgan fingerprint density at radius 2 is 2.22 bits per heavy atom. The molecule has 2 nitrogen and oxygen atoms in total. The number of hydrogen-bond acceptors (Lipinski definition) is 2. The predicted molar refractivity (Wildman–Crippen MR) is 83.6 cm³/mol. The Morgan fingerprint density at radius 1 is 1.39 bits per heavy atom. The van der Waals surface area contributed by atoms with Gasteiger partial charge in [0.2, 0.25) is 0 Å². The lowest BCUT2D eigenvalue weighted by atomic mass is 10.1. The molecule has 0 radical (unpaired) electrons. The molecule has 4 heteroatoms. The molecule has 100 valence electrons. The molecule has 0 N–H and O–H groups in total. The Bertz CT molecular complexity index is 391. The minimum Gasteiger partial charge on any atom is -0.376 e. The van der Waals surface area contributed by atoms with Crippen molar-refractivity contribution in [2.75, 3.05) is 25.1 Å². The second-order valence-corrected chi connectivity index (χ2v) is 6.25. The Labute approximate surface area is 126 Å². The molecule has 1 unspecified atom stereocenters. The van der Waals surface area contributed by atoms with Crippen LogP contribution in [0.25, 0.3) is 0 Å². The van der Waals surface area contributed by atoms with E-state index in [0.29, 0.717) is 6.10 Å². The lowest BCUT2D eigenvalue weighted by Crippen LogP contribution is -2.33. The van der Waals surface area contributed by atoms with Crippen molar-refractivity contribution in [1.29, 1.82) is 0 Å². The van der Waals surface area contributed by atoms with Crippen LogP contribution >= 0.6 is 31.9 Å². The van der Waals surface area contributed by atoms with E-state index >= 15 is 0 Å². The first-order valence-corrected chi connectivity index (χ1v) is 8.29. The summed E-state index contributed by atoms with van der Waals surface area (Å²) in [6, 6.07) is 6.44. The number of nitrogens with zero attached hydrogens (tertiary/aromatic N) is 1. The van der Waals surface area contributed by atoms with Crippen LogP contribution in [0.15, 0.2) is 22.7 Å². The molecule has 1 fully saturated rings. The largest absolute Gasteiger partial charge is 0.376 e. The summed E-state index contributed by atoms with van der Waals surface area (Å²) < 4.78 is 6.93. The van der Waals surface area contributed by atoms with Crippen LogP contribution in [-0.4, -0.2) is 26.3 Å². The third-order valence-corrected chi connectivity index (χ3v) is 4.45. The highest BCUT2D eigenvalue weighted by Crippen LogP contribution is 2.27. The Hall–Kier alpha value is -0.0600. The summed E-state index contributed by atoms with van der Waals surface area (Å²) in [6.07, 6.45) is 4.08. The Kier molecular flexibility index (Phi) is 5.52. The molecule has 2 rings (SSSR count). The second kappa shape index (κ2) is 6.92. The van der Waals surface area contributed by atoms with E-state index in [1.807, 2.05) is 0 Å². The number of hydrogen-bond donors (Lipinski definition) is 0. The van der Waals surface area contributed by atoms with Gasteiger partial charge in [0.05, 0.1) is 6.10 Å². The van der Waals surface area contributed by atoms with E-state index < -0.39 is 0 Å². The van der Waals surface area contributed by atoms with Crippen LogP contribution in [0.1, 0.15) is 24.8 Å². The number of likely N-dealkylation sites (N-methyl/N-ethyl adjacent to an activating group) is 1. The predicted octanol–water partition coefficient (Wildman–Crippen LogP) is 4.35. The fourth-order valence-corrected chi connectivity index (χ4v) is 3.25. The van der Waals surface area contributed by atoms with Gasteiger partial charge in [-0.25, -0.2) is 0 Å². The van der Waals surface area contributed by atoms with Gasteiger partial charge in [0, 0.05) is 35.7 Å². The number of anilines is 1. The van der Waals surface area contributed by atoms with Crippen LogP contribution in [0.4, 0.5) is 5.69 Å². The standard InChI is InChI=1S/C14H19Br2NO/c1-17(10-13-4-2-3-7-18-13)14-6-5-12(16)8-11(14)9-15/h5-6,8,13H,2-4,7,9-10H2,1H3. The van der Waals surface area contributed by atoms with Crippen molar-refractivity contribution in [2.45, 2.75) is 30.7 Å². The van der Waals surface area contributed by atoms with Crippen LogP contribution < -0.4 is 4.90 Å². The molecule has 0 spiro atoms. The van der Waals surface area contributed by atoms with E-state index in [0.717, 1.165) is 23.0 Å². The van der Waals surface area contributed by atoms with E-state index in [9.17, 15) is 0 Å². The van der Waals surface area contributed by atoms with E-state index in [2.05, 4.69) is 62.0 Å². The van der Waals surface area contributed by atoms with Gasteiger partial charge >= 0.3 is 0 Å². The fraction of sp³-hybridized carbons (Fsp3) is 0.571. The topological polar surface area (TPSA) is 12.5 Å². The first-order valence-electron chi connectivity index (χ1n) is 6.38. The van der Waals surface area contributed by atoms with Gasteiger partial charge in [-0.15, -0.1) is 0 Å². The number of halogens is 2. The molecule has 1 aliphatic rings. The quantitative estimate of drug-likeness (QED) is 0.724. The summed E-state index contributed by atoms with van der Waals surface area (Å²) in [4.78, 5) is 2.30. The highest BCUT2D eigenvalue weighted by atomic mass is 79.9. The first-order chi connectivity index (χ1) is 8.70. The van der Waals surface area contributed by atoms with Gasteiger partial charge in [0.1, 0.15) is 0 Å². The van der Waals surface area contributed by atoms with Gasteiger partial charge in [-0.3, -0.25) is 0 Å². The van der Waals surface area contributed by atoms with Crippen molar-refractivity contribution >= 4 is 37.5 Å². The van der Waals surface area contributed by atoms with Crippen molar-refractivity contribution in [3.05, 3.63) is 28.2 Å². The third-order valence-electron chi connectivity index (χ3n) is 3.35. The molecule has 0 aromatic heterocycles. The average molecular weight is 377 g/mol. The SMILES string of the molecule is CN(CC1CCCCO1)c1ccc(Br)cc1CBr. The van der Waals surface area contributed by atoms with Crippen molar-refractivity contribution in [3.63, 3.8) is 0 Å². The smallest absolute Gasteiger partial charge is 0.0749 e. The average Bonchev–Trinajstić information content (AvgIpc) is 2.39.